The first-order valence-corrected chi connectivity index (χ1v) is 3.82. The Labute approximate surface area is 82.9 Å². The summed E-state index contributed by atoms with van der Waals surface area (Å²) in [5, 5.41) is 22.7. The molecule has 12 heavy (non-hydrogen) atoms. The van der Waals surface area contributed by atoms with E-state index in [1.165, 1.54) is 0 Å². The van der Waals surface area contributed by atoms with Gasteiger partial charge in [-0.15, -0.1) is 0 Å². The molecule has 0 radical (unpaired) electrons. The van der Waals surface area contributed by atoms with E-state index in [1.54, 1.807) is 20.8 Å². The van der Waals surface area contributed by atoms with Gasteiger partial charge in [0, 0.05) is 19.8 Å². The fourth-order valence-electron chi connectivity index (χ4n) is 0. The van der Waals surface area contributed by atoms with Crippen LogP contribution in [0.2, 0.25) is 0 Å². The van der Waals surface area contributed by atoms with Crippen LogP contribution in [0.5, 0.6) is 0 Å². The fourth-order valence-corrected chi connectivity index (χ4v) is 0. The molecule has 0 aliphatic rings. The number of aliphatic hydroxyl groups is 3. The van der Waals surface area contributed by atoms with Crippen molar-refractivity contribution in [1.29, 1.82) is 0 Å². The summed E-state index contributed by atoms with van der Waals surface area (Å²) in [6, 6.07) is 0. The van der Waals surface area contributed by atoms with Gasteiger partial charge < -0.3 is 20.8 Å². The SMILES string of the molecule is CCO.CCO.CCO.O.[O]=[V]. The second-order valence-corrected chi connectivity index (χ2v) is 0.949. The van der Waals surface area contributed by atoms with E-state index in [4.69, 9.17) is 19.0 Å². The van der Waals surface area contributed by atoms with Gasteiger partial charge in [0.1, 0.15) is 0 Å². The van der Waals surface area contributed by atoms with Gasteiger partial charge in [-0.3, -0.25) is 0 Å². The molecule has 6 heteroatoms. The summed E-state index contributed by atoms with van der Waals surface area (Å²) in [5.74, 6) is 0. The van der Waals surface area contributed by atoms with Crippen molar-refractivity contribution < 1.29 is 41.8 Å². The van der Waals surface area contributed by atoms with Crippen molar-refractivity contribution >= 4 is 0 Å². The third-order valence-electron chi connectivity index (χ3n) is 0. The molecule has 0 amide bonds. The van der Waals surface area contributed by atoms with Gasteiger partial charge in [-0.2, -0.15) is 0 Å². The molecule has 0 saturated heterocycles. The predicted molar refractivity (Wildman–Crippen MR) is 42.6 cm³/mol. The molecule has 0 fully saturated rings. The van der Waals surface area contributed by atoms with E-state index in [0.29, 0.717) is 0 Å². The molecule has 0 saturated carbocycles. The standard InChI is InChI=1S/3C2H6O.H2O.O.V/c3*1-2-3;;;/h3*3H,2H2,1H3;1H2;;. The Kier molecular flexibility index (Phi) is 278. The Hall–Kier alpha value is 0.224. The summed E-state index contributed by atoms with van der Waals surface area (Å²) in [6.07, 6.45) is 0. The van der Waals surface area contributed by atoms with Crippen LogP contribution < -0.4 is 0 Å². The Morgan fingerprint density at radius 2 is 0.833 bits per heavy atom. The van der Waals surface area contributed by atoms with E-state index in [1.807, 2.05) is 0 Å². The van der Waals surface area contributed by atoms with Gasteiger partial charge in [0.15, 0.2) is 0 Å². The Bertz CT molecular complexity index is 27.1. The summed E-state index contributed by atoms with van der Waals surface area (Å²) in [5.41, 5.74) is 0. The first kappa shape index (κ1) is 29.5. The van der Waals surface area contributed by atoms with E-state index >= 15 is 0 Å². The number of aliphatic hydroxyl groups excluding tert-OH is 3. The summed E-state index contributed by atoms with van der Waals surface area (Å²) in [6.45, 7) is 5.79. The van der Waals surface area contributed by atoms with Crippen molar-refractivity contribution in [3.63, 3.8) is 0 Å². The average Bonchev–Trinajstić information content (AvgIpc) is 1.96. The molecule has 0 atom stereocenters. The molecule has 0 rings (SSSR count). The van der Waals surface area contributed by atoms with E-state index < -0.39 is 0 Å². The van der Waals surface area contributed by atoms with Gasteiger partial charge in [0.25, 0.3) is 0 Å². The zero-order valence-electron chi connectivity index (χ0n) is 7.82. The van der Waals surface area contributed by atoms with Crippen molar-refractivity contribution in [2.75, 3.05) is 19.8 Å². The predicted octanol–water partition coefficient (Wildman–Crippen LogP) is -0.950. The third-order valence-corrected chi connectivity index (χ3v) is 0. The molecule has 0 bridgehead atoms. The molecule has 5 nitrogen and oxygen atoms in total. The quantitative estimate of drug-likeness (QED) is 0.491. The van der Waals surface area contributed by atoms with Gasteiger partial charge in [-0.1, -0.05) is 0 Å². The Balaban J connectivity index is -0.0000000179. The monoisotopic (exact) mass is 223 g/mol. The van der Waals surface area contributed by atoms with Crippen LogP contribution in [0.25, 0.3) is 0 Å². The van der Waals surface area contributed by atoms with Crippen LogP contribution in [0.4, 0.5) is 0 Å². The molecular weight excluding hydrogens is 203 g/mol. The molecule has 0 heterocycles. The minimum absolute atomic E-state index is 0. The van der Waals surface area contributed by atoms with Crippen LogP contribution in [-0.2, 0) is 21.0 Å². The minimum atomic E-state index is 0. The zero-order valence-corrected chi connectivity index (χ0v) is 9.22. The topological polar surface area (TPSA) is 109 Å². The van der Waals surface area contributed by atoms with Crippen molar-refractivity contribution in [3.8, 4) is 0 Å². The first-order chi connectivity index (χ1) is 5.24. The zero-order chi connectivity index (χ0) is 10.1. The second kappa shape index (κ2) is 113. The van der Waals surface area contributed by atoms with Crippen LogP contribution in [-0.4, -0.2) is 40.6 Å². The molecule has 79 valence electrons. The Morgan fingerprint density at radius 3 is 0.833 bits per heavy atom. The van der Waals surface area contributed by atoms with E-state index in [2.05, 4.69) is 0 Å². The van der Waals surface area contributed by atoms with Gasteiger partial charge in [0.05, 0.1) is 0 Å². The Morgan fingerprint density at radius 1 is 0.833 bits per heavy atom. The van der Waals surface area contributed by atoms with Gasteiger partial charge in [-0.05, 0) is 20.8 Å². The molecule has 5 N–H and O–H groups in total. The molecule has 0 aliphatic carbocycles. The molecule has 0 aromatic carbocycles. The van der Waals surface area contributed by atoms with Gasteiger partial charge in [-0.25, -0.2) is 0 Å². The van der Waals surface area contributed by atoms with E-state index in [0.717, 1.165) is 17.4 Å². The van der Waals surface area contributed by atoms with Crippen molar-refractivity contribution in [1.82, 2.24) is 0 Å². The summed E-state index contributed by atoms with van der Waals surface area (Å²) < 4.78 is 8.19. The molecular formula is C6H20O5V. The molecule has 0 spiro atoms. The van der Waals surface area contributed by atoms with Gasteiger partial charge in [0.2, 0.25) is 0 Å². The summed E-state index contributed by atoms with van der Waals surface area (Å²) in [7, 11) is 0. The van der Waals surface area contributed by atoms with Crippen LogP contribution in [0.1, 0.15) is 20.8 Å². The first-order valence-electron chi connectivity index (χ1n) is 3.25. The molecule has 0 unspecified atom stereocenters. The fraction of sp³-hybridized carbons (Fsp3) is 1.00. The van der Waals surface area contributed by atoms with Gasteiger partial charge >= 0.3 is 21.0 Å². The number of hydrogen-bond donors (Lipinski definition) is 3. The maximum absolute atomic E-state index is 8.19. The number of hydrogen-bond acceptors (Lipinski definition) is 4. The van der Waals surface area contributed by atoms with Crippen LogP contribution in [0.3, 0.4) is 0 Å². The van der Waals surface area contributed by atoms with Crippen LogP contribution in [0.15, 0.2) is 0 Å². The normalized spacial score (nSPS) is 4.75. The van der Waals surface area contributed by atoms with Crippen molar-refractivity contribution in [2.45, 2.75) is 20.8 Å². The maximum atomic E-state index is 8.19. The van der Waals surface area contributed by atoms with Crippen LogP contribution >= 0.6 is 0 Å². The summed E-state index contributed by atoms with van der Waals surface area (Å²) in [4.78, 5) is 0. The molecule has 0 aliphatic heterocycles. The van der Waals surface area contributed by atoms with E-state index in [-0.39, 0.29) is 25.3 Å². The van der Waals surface area contributed by atoms with Crippen LogP contribution in [0, 0.1) is 0 Å². The molecule has 0 aromatic rings. The van der Waals surface area contributed by atoms with Crippen molar-refractivity contribution in [2.24, 2.45) is 0 Å². The summed E-state index contributed by atoms with van der Waals surface area (Å²) >= 11 is 1.06. The van der Waals surface area contributed by atoms with Crippen molar-refractivity contribution in [3.05, 3.63) is 0 Å². The van der Waals surface area contributed by atoms with E-state index in [9.17, 15) is 0 Å². The second-order valence-electron chi connectivity index (χ2n) is 0.949. The third kappa shape index (κ3) is 17300. The molecule has 0 aromatic heterocycles. The average molecular weight is 223 g/mol. The number of rotatable bonds is 0.